The third-order valence-corrected chi connectivity index (χ3v) is 5.08. The van der Waals surface area contributed by atoms with E-state index in [0.717, 1.165) is 5.69 Å². The molecule has 2 heterocycles. The van der Waals surface area contributed by atoms with Crippen molar-refractivity contribution in [2.45, 2.75) is 43.4 Å². The standard InChI is InChI=1S/C19H21F2N3O2S/c1-12-11-17(23-13(2)22-12)26-14-7-9-24(10-8-14)18(25)15-5-3-4-6-16(15)27-19(20)21/h3-6,11,14,19H,7-10H2,1-2H3. The third-order valence-electron chi connectivity index (χ3n) is 4.29. The molecule has 3 rings (SSSR count). The summed E-state index contributed by atoms with van der Waals surface area (Å²) in [5.74, 6) is -1.57. The summed E-state index contributed by atoms with van der Waals surface area (Å²) in [7, 11) is 0. The number of hydrogen-bond donors (Lipinski definition) is 0. The summed E-state index contributed by atoms with van der Waals surface area (Å²) in [5, 5.41) is 0. The zero-order valence-corrected chi connectivity index (χ0v) is 16.0. The number of nitrogens with zero attached hydrogens (tertiary/aromatic N) is 3. The largest absolute Gasteiger partial charge is 0.474 e. The first kappa shape index (κ1) is 19.5. The molecule has 144 valence electrons. The van der Waals surface area contributed by atoms with Crippen molar-refractivity contribution >= 4 is 17.7 Å². The molecule has 1 aliphatic rings. The van der Waals surface area contributed by atoms with Gasteiger partial charge in [0, 0.05) is 42.6 Å². The Hall–Kier alpha value is -2.22. The number of aromatic nitrogens is 2. The molecule has 1 amide bonds. The van der Waals surface area contributed by atoms with Gasteiger partial charge in [0.25, 0.3) is 11.7 Å². The summed E-state index contributed by atoms with van der Waals surface area (Å²) in [4.78, 5) is 23.3. The predicted molar refractivity (Wildman–Crippen MR) is 99.4 cm³/mol. The molecule has 1 aromatic carbocycles. The van der Waals surface area contributed by atoms with Gasteiger partial charge < -0.3 is 9.64 Å². The van der Waals surface area contributed by atoms with Gasteiger partial charge in [-0.2, -0.15) is 13.8 Å². The first-order chi connectivity index (χ1) is 12.9. The van der Waals surface area contributed by atoms with Gasteiger partial charge in [-0.05, 0) is 26.0 Å². The summed E-state index contributed by atoms with van der Waals surface area (Å²) < 4.78 is 31.4. The molecule has 2 aromatic rings. The van der Waals surface area contributed by atoms with E-state index in [9.17, 15) is 13.6 Å². The number of aryl methyl sites for hydroxylation is 2. The maximum absolute atomic E-state index is 12.8. The maximum atomic E-state index is 12.8. The average Bonchev–Trinajstić information content (AvgIpc) is 2.61. The molecule has 0 atom stereocenters. The van der Waals surface area contributed by atoms with Gasteiger partial charge in [-0.3, -0.25) is 4.79 Å². The molecular weight excluding hydrogens is 372 g/mol. The number of amides is 1. The van der Waals surface area contributed by atoms with Crippen LogP contribution >= 0.6 is 11.8 Å². The van der Waals surface area contributed by atoms with E-state index >= 15 is 0 Å². The van der Waals surface area contributed by atoms with Crippen LogP contribution in [0.5, 0.6) is 5.88 Å². The number of piperidine rings is 1. The highest BCUT2D eigenvalue weighted by atomic mass is 32.2. The van der Waals surface area contributed by atoms with Crippen molar-refractivity contribution in [2.24, 2.45) is 0 Å². The van der Waals surface area contributed by atoms with E-state index < -0.39 is 5.76 Å². The molecule has 0 unspecified atom stereocenters. The predicted octanol–water partition coefficient (Wildman–Crippen LogP) is 4.09. The molecule has 0 aliphatic carbocycles. The molecule has 0 saturated carbocycles. The number of alkyl halides is 2. The second-order valence-electron chi connectivity index (χ2n) is 6.38. The van der Waals surface area contributed by atoms with Crippen LogP contribution in [0.2, 0.25) is 0 Å². The van der Waals surface area contributed by atoms with E-state index in [1.165, 1.54) is 0 Å². The Balaban J connectivity index is 1.61. The van der Waals surface area contributed by atoms with Crippen molar-refractivity contribution < 1.29 is 18.3 Å². The van der Waals surface area contributed by atoms with Gasteiger partial charge in [-0.25, -0.2) is 4.98 Å². The monoisotopic (exact) mass is 393 g/mol. The van der Waals surface area contributed by atoms with Crippen molar-refractivity contribution in [1.29, 1.82) is 0 Å². The molecule has 0 N–H and O–H groups in total. The number of ether oxygens (including phenoxy) is 1. The molecule has 0 spiro atoms. The van der Waals surface area contributed by atoms with Crippen LogP contribution in [-0.4, -0.2) is 45.7 Å². The average molecular weight is 393 g/mol. The minimum atomic E-state index is -2.56. The number of benzene rings is 1. The molecule has 27 heavy (non-hydrogen) atoms. The SMILES string of the molecule is Cc1cc(OC2CCN(C(=O)c3ccccc3SC(F)F)CC2)nc(C)n1. The maximum Gasteiger partial charge on any atom is 0.288 e. The van der Waals surface area contributed by atoms with Crippen molar-refractivity contribution in [3.05, 3.63) is 47.4 Å². The summed E-state index contributed by atoms with van der Waals surface area (Å²) in [6.45, 7) is 4.73. The van der Waals surface area contributed by atoms with Gasteiger partial charge in [0.2, 0.25) is 5.88 Å². The molecule has 1 fully saturated rings. The van der Waals surface area contributed by atoms with Crippen LogP contribution in [0.1, 0.15) is 34.7 Å². The van der Waals surface area contributed by atoms with Gasteiger partial charge in [0.05, 0.1) is 5.56 Å². The molecule has 0 radical (unpaired) electrons. The smallest absolute Gasteiger partial charge is 0.288 e. The summed E-state index contributed by atoms with van der Waals surface area (Å²) >= 11 is 0.403. The lowest BCUT2D eigenvalue weighted by Crippen LogP contribution is -2.42. The summed E-state index contributed by atoms with van der Waals surface area (Å²) in [6.07, 6.45) is 1.30. The Morgan fingerprint density at radius 3 is 2.59 bits per heavy atom. The van der Waals surface area contributed by atoms with Crippen LogP contribution in [0.15, 0.2) is 35.2 Å². The van der Waals surface area contributed by atoms with E-state index in [1.807, 2.05) is 13.8 Å². The second-order valence-corrected chi connectivity index (χ2v) is 7.41. The molecule has 5 nitrogen and oxygen atoms in total. The van der Waals surface area contributed by atoms with Crippen LogP contribution in [-0.2, 0) is 0 Å². The van der Waals surface area contributed by atoms with Crippen molar-refractivity contribution in [3.63, 3.8) is 0 Å². The number of carbonyl (C=O) groups is 1. The summed E-state index contributed by atoms with van der Waals surface area (Å²) in [5.41, 5.74) is 1.17. The fourth-order valence-corrected chi connectivity index (χ4v) is 3.73. The topological polar surface area (TPSA) is 55.3 Å². The Labute approximate surface area is 161 Å². The molecule has 1 aliphatic heterocycles. The molecule has 0 bridgehead atoms. The summed E-state index contributed by atoms with van der Waals surface area (Å²) in [6, 6.07) is 8.30. The van der Waals surface area contributed by atoms with E-state index in [0.29, 0.717) is 59.9 Å². The second kappa shape index (κ2) is 8.65. The van der Waals surface area contributed by atoms with E-state index in [2.05, 4.69) is 9.97 Å². The highest BCUT2D eigenvalue weighted by Crippen LogP contribution is 2.30. The van der Waals surface area contributed by atoms with Crippen molar-refractivity contribution in [3.8, 4) is 5.88 Å². The van der Waals surface area contributed by atoms with E-state index in [4.69, 9.17) is 4.74 Å². The Bertz CT molecular complexity index is 791. The lowest BCUT2D eigenvalue weighted by Gasteiger charge is -2.32. The minimum Gasteiger partial charge on any atom is -0.474 e. The number of carbonyl (C=O) groups excluding carboxylic acids is 1. The van der Waals surface area contributed by atoms with Gasteiger partial charge >= 0.3 is 0 Å². The van der Waals surface area contributed by atoms with Crippen LogP contribution in [0, 0.1) is 13.8 Å². The number of thioether (sulfide) groups is 1. The van der Waals surface area contributed by atoms with Gasteiger partial charge in [0.15, 0.2) is 0 Å². The zero-order valence-electron chi connectivity index (χ0n) is 15.2. The highest BCUT2D eigenvalue weighted by molar-refractivity contribution is 7.99. The first-order valence-electron chi connectivity index (χ1n) is 8.74. The van der Waals surface area contributed by atoms with Crippen molar-refractivity contribution in [1.82, 2.24) is 14.9 Å². The van der Waals surface area contributed by atoms with Crippen molar-refractivity contribution in [2.75, 3.05) is 13.1 Å². The van der Waals surface area contributed by atoms with Gasteiger partial charge in [-0.15, -0.1) is 0 Å². The zero-order chi connectivity index (χ0) is 19.4. The Morgan fingerprint density at radius 2 is 1.93 bits per heavy atom. The van der Waals surface area contributed by atoms with E-state index in [-0.39, 0.29) is 12.0 Å². The molecule has 8 heteroatoms. The lowest BCUT2D eigenvalue weighted by molar-refractivity contribution is 0.0584. The van der Waals surface area contributed by atoms with Gasteiger partial charge in [0.1, 0.15) is 11.9 Å². The Morgan fingerprint density at radius 1 is 1.22 bits per heavy atom. The number of hydrogen-bond acceptors (Lipinski definition) is 5. The van der Waals surface area contributed by atoms with Crippen LogP contribution in [0.3, 0.4) is 0 Å². The van der Waals surface area contributed by atoms with Crippen LogP contribution < -0.4 is 4.74 Å². The lowest BCUT2D eigenvalue weighted by atomic mass is 10.1. The van der Waals surface area contributed by atoms with Crippen LogP contribution in [0.25, 0.3) is 0 Å². The fraction of sp³-hybridized carbons (Fsp3) is 0.421. The number of likely N-dealkylation sites (tertiary alicyclic amines) is 1. The van der Waals surface area contributed by atoms with Crippen LogP contribution in [0.4, 0.5) is 8.78 Å². The normalized spacial score (nSPS) is 15.2. The fourth-order valence-electron chi connectivity index (χ4n) is 3.10. The third kappa shape index (κ3) is 5.15. The minimum absolute atomic E-state index is 0.0339. The Kier molecular flexibility index (Phi) is 6.26. The van der Waals surface area contributed by atoms with Gasteiger partial charge in [-0.1, -0.05) is 23.9 Å². The molecule has 1 saturated heterocycles. The van der Waals surface area contributed by atoms with E-state index in [1.54, 1.807) is 35.2 Å². The number of rotatable bonds is 5. The number of halogens is 2. The molecule has 1 aromatic heterocycles. The first-order valence-corrected chi connectivity index (χ1v) is 9.62. The molecular formula is C19H21F2N3O2S. The highest BCUT2D eigenvalue weighted by Gasteiger charge is 2.27. The quantitative estimate of drug-likeness (QED) is 0.716.